The van der Waals surface area contributed by atoms with Crippen LogP contribution in [-0.2, 0) is 4.43 Å². The summed E-state index contributed by atoms with van der Waals surface area (Å²) in [5.74, 6) is 0. The minimum Gasteiger partial charge on any atom is -0.360 e. The zero-order valence-electron chi connectivity index (χ0n) is 11.2. The van der Waals surface area contributed by atoms with Crippen molar-refractivity contribution in [1.29, 1.82) is 0 Å². The van der Waals surface area contributed by atoms with Crippen LogP contribution in [0.15, 0.2) is 0 Å². The molecule has 1 nitrogen and oxygen atoms in total. The Hall–Kier alpha value is -0.0262. The Morgan fingerprint density at radius 3 is 1.22 bits per heavy atom. The molecule has 1 atom stereocenters. The largest absolute Gasteiger partial charge is 0.427 e. The summed E-state index contributed by atoms with van der Waals surface area (Å²) in [5, 5.41) is -4.60. The molecule has 0 aliphatic rings. The Morgan fingerprint density at radius 2 is 1.06 bits per heavy atom. The summed E-state index contributed by atoms with van der Waals surface area (Å²) >= 11 is 0. The van der Waals surface area contributed by atoms with E-state index in [1.54, 1.807) is 0 Å². The summed E-state index contributed by atoms with van der Waals surface area (Å²) < 4.78 is 84.2. The second-order valence-electron chi connectivity index (χ2n) is 6.14. The highest BCUT2D eigenvalue weighted by Gasteiger charge is 2.78. The first-order chi connectivity index (χ1) is 7.46. The molecule has 110 valence electrons. The molecule has 0 fully saturated rings. The molecule has 0 rings (SSSR count). The number of hydrogen-bond acceptors (Lipinski definition) is 1. The third-order valence-electron chi connectivity index (χ3n) is 2.26. The fourth-order valence-electron chi connectivity index (χ4n) is 1.48. The standard InChI is InChI=1S/C9H18F6OSi2/c1-17(2,3)7(10,8(11,12)13)9(14,15)16-18(4,5)6/h1-6H3. The number of rotatable bonds is 4. The predicted molar refractivity (Wildman–Crippen MR) is 62.6 cm³/mol. The maximum absolute atomic E-state index is 14.2. The summed E-state index contributed by atoms with van der Waals surface area (Å²) in [7, 11) is -6.95. The van der Waals surface area contributed by atoms with Crippen molar-refractivity contribution in [3.8, 4) is 0 Å². The lowest BCUT2D eigenvalue weighted by Crippen LogP contribution is -2.70. The smallest absolute Gasteiger partial charge is 0.360 e. The van der Waals surface area contributed by atoms with Gasteiger partial charge in [-0.05, 0) is 19.6 Å². The van der Waals surface area contributed by atoms with Crippen molar-refractivity contribution in [3.63, 3.8) is 0 Å². The van der Waals surface area contributed by atoms with Crippen LogP contribution in [0.5, 0.6) is 0 Å². The SMILES string of the molecule is C[Si](C)(C)OC(F)(F)C(F)(C(F)(F)F)[Si](C)(C)C. The molecule has 0 heterocycles. The van der Waals surface area contributed by atoms with E-state index in [1.165, 1.54) is 19.6 Å². The first-order valence-corrected chi connectivity index (χ1v) is 12.2. The molecule has 0 amide bonds. The molecule has 1 unspecified atom stereocenters. The van der Waals surface area contributed by atoms with Crippen molar-refractivity contribution in [3.05, 3.63) is 0 Å². The van der Waals surface area contributed by atoms with E-state index in [2.05, 4.69) is 4.43 Å². The van der Waals surface area contributed by atoms with Gasteiger partial charge in [0, 0.05) is 0 Å². The molecule has 0 aromatic heterocycles. The van der Waals surface area contributed by atoms with Crippen LogP contribution in [0.4, 0.5) is 26.3 Å². The maximum atomic E-state index is 14.2. The van der Waals surface area contributed by atoms with Crippen LogP contribution in [-0.4, -0.2) is 34.0 Å². The number of halogens is 6. The molecule has 0 aromatic rings. The highest BCUT2D eigenvalue weighted by atomic mass is 28.4. The van der Waals surface area contributed by atoms with E-state index in [9.17, 15) is 26.3 Å². The van der Waals surface area contributed by atoms with Gasteiger partial charge in [0.05, 0.1) is 0 Å². The van der Waals surface area contributed by atoms with Gasteiger partial charge in [-0.1, -0.05) is 19.6 Å². The lowest BCUT2D eigenvalue weighted by Gasteiger charge is -2.43. The van der Waals surface area contributed by atoms with Crippen molar-refractivity contribution in [2.45, 2.75) is 56.9 Å². The van der Waals surface area contributed by atoms with Gasteiger partial charge in [0.25, 0.3) is 5.29 Å². The van der Waals surface area contributed by atoms with Gasteiger partial charge < -0.3 is 4.43 Å². The summed E-state index contributed by atoms with van der Waals surface area (Å²) in [6.07, 6.45) is -10.5. The van der Waals surface area contributed by atoms with Crippen molar-refractivity contribution < 1.29 is 30.8 Å². The van der Waals surface area contributed by atoms with Crippen molar-refractivity contribution in [1.82, 2.24) is 0 Å². The Labute approximate surface area is 105 Å². The predicted octanol–water partition coefficient (Wildman–Crippen LogP) is 4.58. The second-order valence-corrected chi connectivity index (χ2v) is 15.8. The molecule has 0 aliphatic carbocycles. The normalized spacial score (nSPS) is 18.7. The van der Waals surface area contributed by atoms with Gasteiger partial charge in [-0.15, -0.1) is 0 Å². The molecule has 0 radical (unpaired) electrons. The quantitative estimate of drug-likeness (QED) is 0.545. The first-order valence-electron chi connectivity index (χ1n) is 5.29. The van der Waals surface area contributed by atoms with E-state index in [4.69, 9.17) is 0 Å². The van der Waals surface area contributed by atoms with E-state index in [0.29, 0.717) is 0 Å². The molecule has 0 N–H and O–H groups in total. The molecular weight excluding hydrogens is 294 g/mol. The second kappa shape index (κ2) is 4.51. The maximum Gasteiger partial charge on any atom is 0.427 e. The minimum absolute atomic E-state index is 0.905. The zero-order chi connectivity index (χ0) is 15.2. The average Bonchev–Trinajstić information content (AvgIpc) is 1.92. The van der Waals surface area contributed by atoms with E-state index in [0.717, 1.165) is 19.6 Å². The van der Waals surface area contributed by atoms with E-state index < -0.39 is 34.0 Å². The Bertz CT molecular complexity index is 288. The fourth-order valence-corrected chi connectivity index (χ4v) is 4.27. The Balaban J connectivity index is 5.77. The van der Waals surface area contributed by atoms with Gasteiger partial charge in [-0.2, -0.15) is 22.0 Å². The average molecular weight is 312 g/mol. The monoisotopic (exact) mass is 312 g/mol. The van der Waals surface area contributed by atoms with Crippen LogP contribution in [0.2, 0.25) is 39.3 Å². The van der Waals surface area contributed by atoms with Crippen LogP contribution in [0, 0.1) is 0 Å². The number of alkyl halides is 6. The molecule has 0 aliphatic heterocycles. The Morgan fingerprint density at radius 1 is 0.722 bits per heavy atom. The molecule has 18 heavy (non-hydrogen) atoms. The molecule has 9 heteroatoms. The Kier molecular flexibility index (Phi) is 4.51. The highest BCUT2D eigenvalue weighted by molar-refractivity contribution is 6.79. The lowest BCUT2D eigenvalue weighted by molar-refractivity contribution is -0.332. The van der Waals surface area contributed by atoms with Crippen LogP contribution in [0.1, 0.15) is 0 Å². The fraction of sp³-hybridized carbons (Fsp3) is 1.00. The minimum atomic E-state index is -5.67. The van der Waals surface area contributed by atoms with Gasteiger partial charge in [-0.25, -0.2) is 4.39 Å². The molecular formula is C9H18F6OSi2. The van der Waals surface area contributed by atoms with Crippen LogP contribution < -0.4 is 0 Å². The molecule has 0 bridgehead atoms. The van der Waals surface area contributed by atoms with Crippen LogP contribution in [0.25, 0.3) is 0 Å². The molecule has 0 spiro atoms. The molecule has 0 saturated carbocycles. The van der Waals surface area contributed by atoms with Crippen molar-refractivity contribution in [2.75, 3.05) is 0 Å². The van der Waals surface area contributed by atoms with E-state index >= 15 is 0 Å². The summed E-state index contributed by atoms with van der Waals surface area (Å²) in [4.78, 5) is 0. The molecule has 0 aromatic carbocycles. The van der Waals surface area contributed by atoms with Gasteiger partial charge in [0.1, 0.15) is 8.07 Å². The van der Waals surface area contributed by atoms with Crippen molar-refractivity contribution in [2.24, 2.45) is 0 Å². The molecule has 0 saturated heterocycles. The van der Waals surface area contributed by atoms with Crippen LogP contribution >= 0.6 is 0 Å². The van der Waals surface area contributed by atoms with Gasteiger partial charge in [-0.3, -0.25) is 0 Å². The van der Waals surface area contributed by atoms with Gasteiger partial charge in [0.15, 0.2) is 8.32 Å². The summed E-state index contributed by atoms with van der Waals surface area (Å²) in [6.45, 7) is 6.55. The highest BCUT2D eigenvalue weighted by Crippen LogP contribution is 2.52. The van der Waals surface area contributed by atoms with E-state index in [-0.39, 0.29) is 0 Å². The van der Waals surface area contributed by atoms with Gasteiger partial charge in [0.2, 0.25) is 0 Å². The third-order valence-corrected chi connectivity index (χ3v) is 5.77. The topological polar surface area (TPSA) is 9.23 Å². The third kappa shape index (κ3) is 3.29. The van der Waals surface area contributed by atoms with E-state index in [1.807, 2.05) is 0 Å². The van der Waals surface area contributed by atoms with Crippen molar-refractivity contribution >= 4 is 16.4 Å². The summed E-state index contributed by atoms with van der Waals surface area (Å²) in [6, 6.07) is 0. The zero-order valence-corrected chi connectivity index (χ0v) is 13.2. The number of hydrogen-bond donors (Lipinski definition) is 0. The first kappa shape index (κ1) is 18.0. The van der Waals surface area contributed by atoms with Gasteiger partial charge >= 0.3 is 12.3 Å². The van der Waals surface area contributed by atoms with Crippen LogP contribution in [0.3, 0.4) is 0 Å². The lowest BCUT2D eigenvalue weighted by atomic mass is 10.3. The summed E-state index contributed by atoms with van der Waals surface area (Å²) in [5.41, 5.74) is 0.